The van der Waals surface area contributed by atoms with E-state index < -0.39 is 0 Å². The highest BCUT2D eigenvalue weighted by Crippen LogP contribution is 2.60. The molecule has 4 aliphatic rings. The Morgan fingerprint density at radius 1 is 1.33 bits per heavy atom. The number of rotatable bonds is 0. The summed E-state index contributed by atoms with van der Waals surface area (Å²) in [5, 5.41) is 10.2. The molecule has 1 heterocycles. The Morgan fingerprint density at radius 2 is 2.22 bits per heavy atom. The molecule has 18 heavy (non-hydrogen) atoms. The molecule has 0 radical (unpaired) electrons. The van der Waals surface area contributed by atoms with Gasteiger partial charge in [0.05, 0.1) is 0 Å². The van der Waals surface area contributed by atoms with Crippen LogP contribution in [0.2, 0.25) is 0 Å². The van der Waals surface area contributed by atoms with Crippen molar-refractivity contribution in [3.8, 4) is 5.75 Å². The molecule has 1 spiro atoms. The highest BCUT2D eigenvalue weighted by Gasteiger charge is 2.53. The molecule has 1 aliphatic heterocycles. The molecule has 1 N–H and O–H groups in total. The minimum absolute atomic E-state index is 0.384. The van der Waals surface area contributed by atoms with Crippen LogP contribution < -0.4 is 0 Å². The lowest BCUT2D eigenvalue weighted by atomic mass is 9.50. The molecule has 2 heteroatoms. The van der Waals surface area contributed by atoms with Gasteiger partial charge >= 0.3 is 0 Å². The number of aromatic hydroxyl groups is 1. The van der Waals surface area contributed by atoms with Crippen LogP contribution in [-0.2, 0) is 5.41 Å². The first-order chi connectivity index (χ1) is 8.71. The van der Waals surface area contributed by atoms with Gasteiger partial charge in [0.2, 0.25) is 0 Å². The van der Waals surface area contributed by atoms with Crippen molar-refractivity contribution in [2.45, 2.75) is 37.0 Å². The summed E-state index contributed by atoms with van der Waals surface area (Å²) in [5.41, 5.74) is 3.17. The van der Waals surface area contributed by atoms with Crippen LogP contribution in [0, 0.1) is 5.92 Å². The van der Waals surface area contributed by atoms with E-state index in [-0.39, 0.29) is 0 Å². The third-order valence-electron chi connectivity index (χ3n) is 5.79. The zero-order valence-corrected chi connectivity index (χ0v) is 11.0. The van der Waals surface area contributed by atoms with Crippen molar-refractivity contribution in [3.05, 3.63) is 29.3 Å². The third kappa shape index (κ3) is 1.22. The van der Waals surface area contributed by atoms with Gasteiger partial charge < -0.3 is 10.0 Å². The second-order valence-electron chi connectivity index (χ2n) is 6.57. The molecule has 1 saturated heterocycles. The van der Waals surface area contributed by atoms with Crippen LogP contribution in [0.5, 0.6) is 5.75 Å². The fourth-order valence-electron chi connectivity index (χ4n) is 4.93. The number of piperidine rings is 1. The molecule has 3 aliphatic carbocycles. The van der Waals surface area contributed by atoms with Crippen LogP contribution >= 0.6 is 0 Å². The molecule has 2 fully saturated rings. The number of likely N-dealkylation sites (tertiary alicyclic amines) is 1. The van der Waals surface area contributed by atoms with Crippen LogP contribution in [0.25, 0.3) is 0 Å². The Morgan fingerprint density at radius 3 is 3.11 bits per heavy atom. The minimum Gasteiger partial charge on any atom is -0.508 e. The lowest BCUT2D eigenvalue weighted by Crippen LogP contribution is -2.54. The highest BCUT2D eigenvalue weighted by atomic mass is 16.3. The maximum atomic E-state index is 10.2. The SMILES string of the molecule is CN1CC[C@]23CC[C@H](C[C@H]2C1)c1c(O)cccc13. The summed E-state index contributed by atoms with van der Waals surface area (Å²) in [7, 11) is 2.25. The molecule has 2 nitrogen and oxygen atoms in total. The Kier molecular flexibility index (Phi) is 2.12. The summed E-state index contributed by atoms with van der Waals surface area (Å²) in [5.74, 6) is 1.97. The van der Waals surface area contributed by atoms with E-state index in [1.54, 1.807) is 0 Å². The zero-order valence-electron chi connectivity index (χ0n) is 11.0. The molecule has 0 amide bonds. The standard InChI is InChI=1S/C16H21NO/c1-17-8-7-16-6-5-11(9-12(16)10-17)15-13(16)3-2-4-14(15)18/h2-4,11-12,18H,5-10H2,1H3/t11-,12+,16-/m1/s1. The summed E-state index contributed by atoms with van der Waals surface area (Å²) in [6.07, 6.45) is 5.18. The van der Waals surface area contributed by atoms with E-state index in [4.69, 9.17) is 0 Å². The number of hydrogen-bond acceptors (Lipinski definition) is 2. The Hall–Kier alpha value is -1.02. The van der Waals surface area contributed by atoms with Crippen molar-refractivity contribution in [1.29, 1.82) is 0 Å². The number of phenolic OH excluding ortho intramolecular Hbond substituents is 1. The third-order valence-corrected chi connectivity index (χ3v) is 5.79. The van der Waals surface area contributed by atoms with Crippen LogP contribution in [0.1, 0.15) is 42.7 Å². The van der Waals surface area contributed by atoms with E-state index in [1.165, 1.54) is 49.9 Å². The number of hydrogen-bond donors (Lipinski definition) is 1. The number of phenols is 1. The molecule has 0 unspecified atom stereocenters. The highest BCUT2D eigenvalue weighted by molar-refractivity contribution is 5.50. The maximum absolute atomic E-state index is 10.2. The summed E-state index contributed by atoms with van der Waals surface area (Å²) < 4.78 is 0. The molecular formula is C16H21NO. The normalized spacial score (nSPS) is 38.3. The van der Waals surface area contributed by atoms with Crippen molar-refractivity contribution >= 4 is 0 Å². The first-order valence-corrected chi connectivity index (χ1v) is 7.21. The van der Waals surface area contributed by atoms with E-state index >= 15 is 0 Å². The summed E-state index contributed by atoms with van der Waals surface area (Å²) >= 11 is 0. The van der Waals surface area contributed by atoms with Crippen molar-refractivity contribution in [2.24, 2.45) is 5.92 Å². The second-order valence-corrected chi connectivity index (χ2v) is 6.57. The van der Waals surface area contributed by atoms with Gasteiger partial charge in [-0.2, -0.15) is 0 Å². The summed E-state index contributed by atoms with van der Waals surface area (Å²) in [6.45, 7) is 2.45. The number of benzene rings is 1. The van der Waals surface area contributed by atoms with Crippen LogP contribution in [0.15, 0.2) is 18.2 Å². The molecular weight excluding hydrogens is 222 g/mol. The fourth-order valence-corrected chi connectivity index (χ4v) is 4.93. The van der Waals surface area contributed by atoms with E-state index in [0.29, 0.717) is 17.1 Å². The molecule has 2 bridgehead atoms. The quantitative estimate of drug-likeness (QED) is 0.757. The number of fused-ring (bicyclic) bond motifs is 1. The Balaban J connectivity index is 1.90. The van der Waals surface area contributed by atoms with Gasteiger partial charge in [0, 0.05) is 17.5 Å². The molecule has 5 rings (SSSR count). The van der Waals surface area contributed by atoms with Gasteiger partial charge in [0.15, 0.2) is 0 Å². The lowest BCUT2D eigenvalue weighted by Gasteiger charge is -2.57. The van der Waals surface area contributed by atoms with Crippen molar-refractivity contribution in [1.82, 2.24) is 4.90 Å². The molecule has 0 aromatic heterocycles. The molecule has 1 aromatic carbocycles. The minimum atomic E-state index is 0.384. The zero-order chi connectivity index (χ0) is 12.3. The second kappa shape index (κ2) is 3.51. The van der Waals surface area contributed by atoms with E-state index in [0.717, 1.165) is 5.92 Å². The average molecular weight is 243 g/mol. The van der Waals surface area contributed by atoms with Gasteiger partial charge in [-0.25, -0.2) is 0 Å². The maximum Gasteiger partial charge on any atom is 0.119 e. The average Bonchev–Trinajstić information content (AvgIpc) is 2.38. The Bertz CT molecular complexity index is 498. The molecule has 96 valence electrons. The van der Waals surface area contributed by atoms with Gasteiger partial charge in [-0.3, -0.25) is 0 Å². The van der Waals surface area contributed by atoms with Crippen LogP contribution in [0.3, 0.4) is 0 Å². The van der Waals surface area contributed by atoms with Gasteiger partial charge in [0.25, 0.3) is 0 Å². The van der Waals surface area contributed by atoms with E-state index in [2.05, 4.69) is 18.0 Å². The predicted octanol–water partition coefficient (Wildman–Crippen LogP) is 2.86. The Labute approximate surface area is 109 Å². The van der Waals surface area contributed by atoms with Crippen LogP contribution in [-0.4, -0.2) is 30.1 Å². The largest absolute Gasteiger partial charge is 0.508 e. The molecule has 3 atom stereocenters. The molecule has 1 saturated carbocycles. The van der Waals surface area contributed by atoms with E-state index in [1.807, 2.05) is 12.1 Å². The summed E-state index contributed by atoms with van der Waals surface area (Å²) in [6, 6.07) is 6.21. The molecule has 1 aromatic rings. The first kappa shape index (κ1) is 10.9. The van der Waals surface area contributed by atoms with Crippen molar-refractivity contribution in [3.63, 3.8) is 0 Å². The summed E-state index contributed by atoms with van der Waals surface area (Å²) in [4.78, 5) is 2.49. The van der Waals surface area contributed by atoms with Gasteiger partial charge in [-0.1, -0.05) is 12.1 Å². The number of nitrogens with zero attached hydrogens (tertiary/aromatic N) is 1. The van der Waals surface area contributed by atoms with Crippen molar-refractivity contribution in [2.75, 3.05) is 20.1 Å². The lowest BCUT2D eigenvalue weighted by molar-refractivity contribution is 0.0460. The van der Waals surface area contributed by atoms with E-state index in [9.17, 15) is 5.11 Å². The fraction of sp³-hybridized carbons (Fsp3) is 0.625. The van der Waals surface area contributed by atoms with Gasteiger partial charge in [-0.05, 0) is 62.7 Å². The monoisotopic (exact) mass is 243 g/mol. The van der Waals surface area contributed by atoms with Crippen molar-refractivity contribution < 1.29 is 5.11 Å². The van der Waals surface area contributed by atoms with Crippen LogP contribution in [0.4, 0.5) is 0 Å². The predicted molar refractivity (Wildman–Crippen MR) is 72.0 cm³/mol. The van der Waals surface area contributed by atoms with Gasteiger partial charge in [0.1, 0.15) is 5.75 Å². The first-order valence-electron chi connectivity index (χ1n) is 7.21. The smallest absolute Gasteiger partial charge is 0.119 e. The van der Waals surface area contributed by atoms with Gasteiger partial charge in [-0.15, -0.1) is 0 Å². The topological polar surface area (TPSA) is 23.5 Å².